The molecule has 0 N–H and O–H groups in total. The van der Waals surface area contributed by atoms with Crippen molar-refractivity contribution in [3.63, 3.8) is 0 Å². The minimum Gasteiger partial charge on any atom is -0.494 e. The Labute approximate surface area is 143 Å². The summed E-state index contributed by atoms with van der Waals surface area (Å²) < 4.78 is 32.5. The molecule has 1 aromatic carbocycles. The molecule has 1 aromatic rings. The quantitative estimate of drug-likeness (QED) is 0.640. The maximum absolute atomic E-state index is 12.9. The topological polar surface area (TPSA) is 46.6 Å². The van der Waals surface area contributed by atoms with Gasteiger partial charge in [0, 0.05) is 13.1 Å². The van der Waals surface area contributed by atoms with Gasteiger partial charge in [0.2, 0.25) is 10.0 Å². The van der Waals surface area contributed by atoms with Crippen molar-refractivity contribution in [2.45, 2.75) is 44.4 Å². The number of rotatable bonds is 9. The second-order valence-electron chi connectivity index (χ2n) is 5.00. The molecule has 0 amide bonds. The third-order valence-corrected chi connectivity index (χ3v) is 6.07. The number of nitrogens with zero attached hydrogens (tertiary/aromatic N) is 1. The van der Waals surface area contributed by atoms with Crippen LogP contribution in [-0.2, 0) is 10.0 Å². The molecule has 0 aromatic heterocycles. The van der Waals surface area contributed by atoms with Crippen molar-refractivity contribution in [1.82, 2.24) is 4.31 Å². The molecular formula is C15H23Cl2NO3S. The molecule has 0 fully saturated rings. The molecule has 0 saturated heterocycles. The first-order chi connectivity index (χ1) is 10.4. The summed E-state index contributed by atoms with van der Waals surface area (Å²) in [4.78, 5) is 0.0663. The van der Waals surface area contributed by atoms with Gasteiger partial charge in [-0.3, -0.25) is 0 Å². The lowest BCUT2D eigenvalue weighted by Crippen LogP contribution is -2.33. The van der Waals surface area contributed by atoms with E-state index in [-0.39, 0.29) is 20.7 Å². The van der Waals surface area contributed by atoms with E-state index in [0.29, 0.717) is 13.1 Å². The third-order valence-electron chi connectivity index (χ3n) is 3.36. The first-order valence-corrected chi connectivity index (χ1v) is 9.61. The summed E-state index contributed by atoms with van der Waals surface area (Å²) in [6, 6.07) is 2.93. The van der Waals surface area contributed by atoms with E-state index in [2.05, 4.69) is 0 Å². The Morgan fingerprint density at radius 1 is 1.09 bits per heavy atom. The lowest BCUT2D eigenvalue weighted by atomic mass is 10.3. The van der Waals surface area contributed by atoms with Gasteiger partial charge in [-0.2, -0.15) is 4.31 Å². The number of hydrogen-bond acceptors (Lipinski definition) is 3. The number of benzene rings is 1. The van der Waals surface area contributed by atoms with Crippen LogP contribution in [0.5, 0.6) is 5.75 Å². The zero-order valence-corrected chi connectivity index (χ0v) is 15.6. The highest BCUT2D eigenvalue weighted by Gasteiger charge is 2.28. The molecule has 0 heterocycles. The molecule has 0 aliphatic rings. The van der Waals surface area contributed by atoms with Crippen LogP contribution in [0.25, 0.3) is 0 Å². The first-order valence-electron chi connectivity index (χ1n) is 7.42. The average Bonchev–Trinajstić information content (AvgIpc) is 2.49. The molecule has 0 bridgehead atoms. The van der Waals surface area contributed by atoms with Crippen LogP contribution in [0.15, 0.2) is 17.0 Å². The van der Waals surface area contributed by atoms with Crippen LogP contribution in [-0.4, -0.2) is 32.9 Å². The van der Waals surface area contributed by atoms with E-state index >= 15 is 0 Å². The van der Waals surface area contributed by atoms with Gasteiger partial charge in [-0.25, -0.2) is 8.42 Å². The van der Waals surface area contributed by atoms with Crippen LogP contribution in [0.2, 0.25) is 10.0 Å². The van der Waals surface area contributed by atoms with Crippen LogP contribution >= 0.6 is 23.2 Å². The summed E-state index contributed by atoms with van der Waals surface area (Å²) in [5.41, 5.74) is 0. The van der Waals surface area contributed by atoms with Gasteiger partial charge in [0.15, 0.2) is 5.75 Å². The maximum atomic E-state index is 12.9. The van der Waals surface area contributed by atoms with E-state index in [1.165, 1.54) is 23.5 Å². The zero-order valence-electron chi connectivity index (χ0n) is 13.2. The Morgan fingerprint density at radius 3 is 2.09 bits per heavy atom. The van der Waals surface area contributed by atoms with Crippen LogP contribution in [0.3, 0.4) is 0 Å². The van der Waals surface area contributed by atoms with E-state index in [1.54, 1.807) is 0 Å². The summed E-state index contributed by atoms with van der Waals surface area (Å²) in [6.45, 7) is 5.04. The van der Waals surface area contributed by atoms with Gasteiger partial charge in [-0.05, 0) is 25.0 Å². The highest BCUT2D eigenvalue weighted by molar-refractivity contribution is 7.89. The van der Waals surface area contributed by atoms with Gasteiger partial charge in [0.05, 0.1) is 12.1 Å². The van der Waals surface area contributed by atoms with Gasteiger partial charge in [0.25, 0.3) is 0 Å². The van der Waals surface area contributed by atoms with Crippen molar-refractivity contribution in [2.24, 2.45) is 0 Å². The van der Waals surface area contributed by atoms with Gasteiger partial charge in [-0.15, -0.1) is 0 Å². The number of unbranched alkanes of at least 4 members (excludes halogenated alkanes) is 2. The van der Waals surface area contributed by atoms with Gasteiger partial charge >= 0.3 is 0 Å². The Bertz CT molecular complexity index is 583. The van der Waals surface area contributed by atoms with Gasteiger partial charge < -0.3 is 4.74 Å². The fourth-order valence-corrected chi connectivity index (χ4v) is 4.19. The van der Waals surface area contributed by atoms with Gasteiger partial charge in [0.1, 0.15) is 9.92 Å². The number of ether oxygens (including phenoxy) is 1. The van der Waals surface area contributed by atoms with Crippen LogP contribution in [0.4, 0.5) is 0 Å². The van der Waals surface area contributed by atoms with Crippen LogP contribution < -0.4 is 4.74 Å². The number of methoxy groups -OCH3 is 1. The van der Waals surface area contributed by atoms with Crippen molar-refractivity contribution in [3.05, 3.63) is 22.2 Å². The molecule has 0 spiro atoms. The molecule has 0 unspecified atom stereocenters. The SMILES string of the molecule is CCCCN(CCCC)S(=O)(=O)c1ccc(Cl)c(Cl)c1OC. The summed E-state index contributed by atoms with van der Waals surface area (Å²) in [5.74, 6) is 0.104. The summed E-state index contributed by atoms with van der Waals surface area (Å²) in [5, 5.41) is 0.391. The molecule has 0 atom stereocenters. The Kier molecular flexibility index (Phi) is 7.97. The van der Waals surface area contributed by atoms with E-state index in [9.17, 15) is 8.42 Å². The monoisotopic (exact) mass is 367 g/mol. The molecule has 126 valence electrons. The molecule has 0 aliphatic carbocycles. The second-order valence-corrected chi connectivity index (χ2v) is 7.70. The van der Waals surface area contributed by atoms with E-state index < -0.39 is 10.0 Å². The number of halogens is 2. The lowest BCUT2D eigenvalue weighted by Gasteiger charge is -2.23. The molecular weight excluding hydrogens is 345 g/mol. The Hall–Kier alpha value is -0.490. The molecule has 7 heteroatoms. The standard InChI is InChI=1S/C15H23Cl2NO3S/c1-4-6-10-18(11-7-5-2)22(19,20)13-9-8-12(16)14(17)15(13)21-3/h8-9H,4-7,10-11H2,1-3H3. The highest BCUT2D eigenvalue weighted by Crippen LogP contribution is 2.38. The fraction of sp³-hybridized carbons (Fsp3) is 0.600. The summed E-state index contributed by atoms with van der Waals surface area (Å²) in [7, 11) is -2.27. The Morgan fingerprint density at radius 2 is 1.64 bits per heavy atom. The minimum atomic E-state index is -3.66. The van der Waals surface area contributed by atoms with E-state index in [0.717, 1.165) is 25.7 Å². The fourth-order valence-electron chi connectivity index (χ4n) is 2.07. The van der Waals surface area contributed by atoms with Crippen molar-refractivity contribution in [1.29, 1.82) is 0 Å². The molecule has 0 aliphatic heterocycles. The van der Waals surface area contributed by atoms with Crippen molar-refractivity contribution in [2.75, 3.05) is 20.2 Å². The summed E-state index contributed by atoms with van der Waals surface area (Å²) >= 11 is 12.0. The van der Waals surface area contributed by atoms with Crippen molar-refractivity contribution >= 4 is 33.2 Å². The largest absolute Gasteiger partial charge is 0.494 e. The first kappa shape index (κ1) is 19.6. The predicted octanol–water partition coefficient (Wildman–Crippen LogP) is 4.59. The van der Waals surface area contributed by atoms with E-state index in [1.807, 2.05) is 13.8 Å². The molecule has 22 heavy (non-hydrogen) atoms. The van der Waals surface area contributed by atoms with Crippen LogP contribution in [0.1, 0.15) is 39.5 Å². The third kappa shape index (κ3) is 4.51. The van der Waals surface area contributed by atoms with Crippen molar-refractivity contribution < 1.29 is 13.2 Å². The predicted molar refractivity (Wildman–Crippen MR) is 91.6 cm³/mol. The Balaban J connectivity index is 3.26. The van der Waals surface area contributed by atoms with Gasteiger partial charge in [-0.1, -0.05) is 49.9 Å². The lowest BCUT2D eigenvalue weighted by molar-refractivity contribution is 0.381. The molecule has 0 saturated carbocycles. The molecule has 0 radical (unpaired) electrons. The minimum absolute atomic E-state index is 0.0663. The number of sulfonamides is 1. The summed E-state index contributed by atoms with van der Waals surface area (Å²) in [6.07, 6.45) is 3.48. The van der Waals surface area contributed by atoms with Crippen LogP contribution in [0, 0.1) is 0 Å². The highest BCUT2D eigenvalue weighted by atomic mass is 35.5. The average molecular weight is 368 g/mol. The van der Waals surface area contributed by atoms with E-state index in [4.69, 9.17) is 27.9 Å². The van der Waals surface area contributed by atoms with Crippen molar-refractivity contribution in [3.8, 4) is 5.75 Å². The second kappa shape index (κ2) is 8.96. The smallest absolute Gasteiger partial charge is 0.246 e. The molecule has 1 rings (SSSR count). The zero-order chi connectivity index (χ0) is 16.8. The normalized spacial score (nSPS) is 11.9. The maximum Gasteiger partial charge on any atom is 0.246 e. The molecule has 4 nitrogen and oxygen atoms in total. The number of hydrogen-bond donors (Lipinski definition) is 0.